The van der Waals surface area contributed by atoms with E-state index in [1.807, 2.05) is 42.5 Å². The van der Waals surface area contributed by atoms with Gasteiger partial charge in [-0.15, -0.1) is 0 Å². The molecule has 0 aromatic heterocycles. The third kappa shape index (κ3) is 6.17. The lowest BCUT2D eigenvalue weighted by Crippen LogP contribution is -2.46. The van der Waals surface area contributed by atoms with E-state index in [9.17, 15) is 9.59 Å². The van der Waals surface area contributed by atoms with Crippen LogP contribution in [0.25, 0.3) is 0 Å². The van der Waals surface area contributed by atoms with Gasteiger partial charge in [-0.25, -0.2) is 0 Å². The fraction of sp³-hybridized carbons (Fsp3) is 0.440. The van der Waals surface area contributed by atoms with Crippen LogP contribution < -0.4 is 10.1 Å². The van der Waals surface area contributed by atoms with Gasteiger partial charge in [0.05, 0.1) is 19.7 Å². The molecule has 1 amide bonds. The summed E-state index contributed by atoms with van der Waals surface area (Å²) in [6.07, 6.45) is 4.96. The predicted octanol–water partition coefficient (Wildman–Crippen LogP) is 3.93. The van der Waals surface area contributed by atoms with Gasteiger partial charge in [-0.1, -0.05) is 55.3 Å². The summed E-state index contributed by atoms with van der Waals surface area (Å²) in [5.74, 6) is 0.725. The third-order valence-corrected chi connectivity index (χ3v) is 5.82. The first-order valence-electron chi connectivity index (χ1n) is 10.8. The van der Waals surface area contributed by atoms with Crippen LogP contribution >= 0.6 is 0 Å². The van der Waals surface area contributed by atoms with Gasteiger partial charge in [0.25, 0.3) is 0 Å². The molecule has 2 atom stereocenters. The number of ketones is 1. The normalized spacial score (nSPS) is 18.3. The molecule has 1 N–H and O–H groups in total. The molecule has 2 aromatic rings. The Morgan fingerprint density at radius 2 is 1.80 bits per heavy atom. The number of carbonyl (C=O) groups is 2. The van der Waals surface area contributed by atoms with E-state index in [0.717, 1.165) is 37.1 Å². The number of benzene rings is 2. The Labute approximate surface area is 179 Å². The van der Waals surface area contributed by atoms with E-state index in [-0.39, 0.29) is 17.7 Å². The summed E-state index contributed by atoms with van der Waals surface area (Å²) in [7, 11) is 1.66. The van der Waals surface area contributed by atoms with E-state index in [1.54, 1.807) is 14.0 Å². The van der Waals surface area contributed by atoms with Crippen LogP contribution in [-0.2, 0) is 16.0 Å². The van der Waals surface area contributed by atoms with Crippen LogP contribution in [-0.4, -0.2) is 42.8 Å². The molecule has 5 nitrogen and oxygen atoms in total. The van der Waals surface area contributed by atoms with Crippen molar-refractivity contribution in [2.24, 2.45) is 0 Å². The molecule has 1 saturated heterocycles. The molecule has 0 spiro atoms. The Bertz CT molecular complexity index is 820. The van der Waals surface area contributed by atoms with Crippen LogP contribution in [0, 0.1) is 0 Å². The molecule has 0 bridgehead atoms. The van der Waals surface area contributed by atoms with E-state index in [1.165, 1.54) is 12.0 Å². The molecule has 0 aliphatic carbocycles. The minimum Gasteiger partial charge on any atom is -0.497 e. The van der Waals surface area contributed by atoms with Crippen molar-refractivity contribution in [2.45, 2.75) is 51.1 Å². The zero-order valence-corrected chi connectivity index (χ0v) is 18.0. The number of ether oxygens (including phenoxy) is 1. The number of nitrogens with one attached hydrogen (secondary N) is 1. The van der Waals surface area contributed by atoms with Crippen molar-refractivity contribution < 1.29 is 14.3 Å². The first-order chi connectivity index (χ1) is 14.6. The highest BCUT2D eigenvalue weighted by molar-refractivity contribution is 5.88. The van der Waals surface area contributed by atoms with Crippen LogP contribution in [0.5, 0.6) is 5.75 Å². The summed E-state index contributed by atoms with van der Waals surface area (Å²) in [6, 6.07) is 17.7. The second-order valence-corrected chi connectivity index (χ2v) is 8.03. The standard InChI is InChI=1S/C25H32N2O3/c1-19(28)23(17-20-9-5-3-6-10-20)26-25(29)18-27-16-8-4-7-11-24(27)21-12-14-22(30-2)15-13-21/h3,5-6,9-10,12-15,23-24H,4,7-8,11,16-18H2,1-2H3,(H,26,29)/t23-,24-/m0/s1. The number of hydrogen-bond donors (Lipinski definition) is 1. The Balaban J connectivity index is 1.67. The maximum Gasteiger partial charge on any atom is 0.234 e. The number of methoxy groups -OCH3 is 1. The van der Waals surface area contributed by atoms with Crippen molar-refractivity contribution >= 4 is 11.7 Å². The number of hydrogen-bond acceptors (Lipinski definition) is 4. The molecule has 0 saturated carbocycles. The van der Waals surface area contributed by atoms with Crippen molar-refractivity contribution in [1.29, 1.82) is 0 Å². The zero-order chi connectivity index (χ0) is 21.3. The van der Waals surface area contributed by atoms with E-state index >= 15 is 0 Å². The van der Waals surface area contributed by atoms with Gasteiger partial charge < -0.3 is 10.1 Å². The maximum absolute atomic E-state index is 12.9. The summed E-state index contributed by atoms with van der Waals surface area (Å²) < 4.78 is 5.28. The molecule has 1 heterocycles. The summed E-state index contributed by atoms with van der Waals surface area (Å²) in [5, 5.41) is 2.97. The van der Waals surface area contributed by atoms with Crippen LogP contribution in [0.3, 0.4) is 0 Å². The first-order valence-corrected chi connectivity index (χ1v) is 10.8. The van der Waals surface area contributed by atoms with Crippen LogP contribution in [0.15, 0.2) is 54.6 Å². The van der Waals surface area contributed by atoms with E-state index in [2.05, 4.69) is 22.3 Å². The highest BCUT2D eigenvalue weighted by atomic mass is 16.5. The van der Waals surface area contributed by atoms with Gasteiger partial charge in [-0.05, 0) is 56.0 Å². The van der Waals surface area contributed by atoms with Crippen molar-refractivity contribution in [2.75, 3.05) is 20.2 Å². The zero-order valence-electron chi connectivity index (χ0n) is 18.0. The largest absolute Gasteiger partial charge is 0.497 e. The van der Waals surface area contributed by atoms with Crippen LogP contribution in [0.4, 0.5) is 0 Å². The average Bonchev–Trinajstić information content (AvgIpc) is 2.99. The molecule has 0 radical (unpaired) electrons. The number of likely N-dealkylation sites (tertiary alicyclic amines) is 1. The molecule has 0 unspecified atom stereocenters. The quantitative estimate of drug-likeness (QED) is 0.719. The molecule has 1 aliphatic heterocycles. The van der Waals surface area contributed by atoms with Crippen molar-refractivity contribution in [3.63, 3.8) is 0 Å². The third-order valence-electron chi connectivity index (χ3n) is 5.82. The Kier molecular flexibility index (Phi) is 8.03. The molecule has 3 rings (SSSR count). The van der Waals surface area contributed by atoms with Gasteiger partial charge in [0.2, 0.25) is 5.91 Å². The highest BCUT2D eigenvalue weighted by Gasteiger charge is 2.26. The van der Waals surface area contributed by atoms with Crippen molar-refractivity contribution in [1.82, 2.24) is 10.2 Å². The summed E-state index contributed by atoms with van der Waals surface area (Å²) in [4.78, 5) is 27.3. The predicted molar refractivity (Wildman–Crippen MR) is 119 cm³/mol. The molecular formula is C25H32N2O3. The van der Waals surface area contributed by atoms with Crippen molar-refractivity contribution in [3.8, 4) is 5.75 Å². The topological polar surface area (TPSA) is 58.6 Å². The van der Waals surface area contributed by atoms with Crippen LogP contribution in [0.1, 0.15) is 49.8 Å². The second kappa shape index (κ2) is 10.9. The number of Topliss-reactive ketones (excluding diaryl/α,β-unsaturated/α-hetero) is 1. The molecule has 160 valence electrons. The molecular weight excluding hydrogens is 376 g/mol. The summed E-state index contributed by atoms with van der Waals surface area (Å²) in [6.45, 7) is 2.72. The molecule has 1 fully saturated rings. The average molecular weight is 409 g/mol. The Morgan fingerprint density at radius 1 is 1.07 bits per heavy atom. The number of carbonyl (C=O) groups excluding carboxylic acids is 2. The number of nitrogens with zero attached hydrogens (tertiary/aromatic N) is 1. The molecule has 1 aliphatic rings. The minimum absolute atomic E-state index is 0.0187. The molecule has 2 aromatic carbocycles. The van der Waals surface area contributed by atoms with E-state index in [4.69, 9.17) is 4.74 Å². The highest BCUT2D eigenvalue weighted by Crippen LogP contribution is 2.30. The van der Waals surface area contributed by atoms with Gasteiger partial charge in [0.1, 0.15) is 5.75 Å². The Hall–Kier alpha value is -2.66. The Morgan fingerprint density at radius 3 is 2.47 bits per heavy atom. The second-order valence-electron chi connectivity index (χ2n) is 8.03. The molecule has 5 heteroatoms. The minimum atomic E-state index is -0.494. The maximum atomic E-state index is 12.9. The van der Waals surface area contributed by atoms with Gasteiger partial charge in [0, 0.05) is 6.04 Å². The lowest BCUT2D eigenvalue weighted by molar-refractivity contribution is -0.128. The fourth-order valence-electron chi connectivity index (χ4n) is 4.13. The number of amides is 1. The summed E-state index contributed by atoms with van der Waals surface area (Å²) >= 11 is 0. The fourth-order valence-corrected chi connectivity index (χ4v) is 4.13. The first kappa shape index (κ1) is 22.0. The lowest BCUT2D eigenvalue weighted by Gasteiger charge is -2.30. The van der Waals surface area contributed by atoms with Gasteiger partial charge in [0.15, 0.2) is 5.78 Å². The van der Waals surface area contributed by atoms with E-state index < -0.39 is 6.04 Å². The number of rotatable bonds is 8. The molecule has 30 heavy (non-hydrogen) atoms. The SMILES string of the molecule is COc1ccc([C@@H]2CCCCCN2CC(=O)N[C@@H](Cc2ccccc2)C(C)=O)cc1. The van der Waals surface area contributed by atoms with Crippen LogP contribution in [0.2, 0.25) is 0 Å². The lowest BCUT2D eigenvalue weighted by atomic mass is 10.0. The monoisotopic (exact) mass is 408 g/mol. The van der Waals surface area contributed by atoms with Gasteiger partial charge in [-0.2, -0.15) is 0 Å². The van der Waals surface area contributed by atoms with Crippen molar-refractivity contribution in [3.05, 3.63) is 65.7 Å². The van der Waals surface area contributed by atoms with Gasteiger partial charge in [-0.3, -0.25) is 14.5 Å². The van der Waals surface area contributed by atoms with Gasteiger partial charge >= 0.3 is 0 Å². The van der Waals surface area contributed by atoms with E-state index in [0.29, 0.717) is 13.0 Å². The summed E-state index contributed by atoms with van der Waals surface area (Å²) in [5.41, 5.74) is 2.25. The smallest absolute Gasteiger partial charge is 0.234 e.